The number of rotatable bonds is 3. The van der Waals surface area contributed by atoms with E-state index >= 15 is 0 Å². The summed E-state index contributed by atoms with van der Waals surface area (Å²) in [6, 6.07) is 12.2. The van der Waals surface area contributed by atoms with E-state index in [-0.39, 0.29) is 6.61 Å². The maximum absolute atomic E-state index is 10.1. The number of anilines is 1. The van der Waals surface area contributed by atoms with Crippen LogP contribution in [-0.2, 0) is 19.4 Å². The molecule has 1 aliphatic carbocycles. The van der Waals surface area contributed by atoms with Crippen LogP contribution >= 0.6 is 39.1 Å². The number of hydrogen-bond donors (Lipinski definition) is 1. The van der Waals surface area contributed by atoms with Gasteiger partial charge in [0.05, 0.1) is 28.0 Å². The van der Waals surface area contributed by atoms with Gasteiger partial charge in [-0.1, -0.05) is 57.3 Å². The zero-order valence-corrected chi connectivity index (χ0v) is 20.9. The molecule has 0 atom stereocenters. The van der Waals surface area contributed by atoms with Crippen molar-refractivity contribution < 1.29 is 5.11 Å². The van der Waals surface area contributed by atoms with Gasteiger partial charge in [-0.15, -0.1) is 0 Å². The van der Waals surface area contributed by atoms with Crippen LogP contribution < -0.4 is 4.90 Å². The van der Waals surface area contributed by atoms with Crippen LogP contribution in [0.1, 0.15) is 35.4 Å². The Morgan fingerprint density at radius 3 is 2.56 bits per heavy atom. The van der Waals surface area contributed by atoms with Crippen molar-refractivity contribution in [2.45, 2.75) is 39.2 Å². The Morgan fingerprint density at radius 1 is 1.06 bits per heavy atom. The van der Waals surface area contributed by atoms with Crippen molar-refractivity contribution in [1.29, 1.82) is 0 Å². The Balaban J connectivity index is 1.39. The molecule has 4 nitrogen and oxygen atoms in total. The predicted molar refractivity (Wildman–Crippen MR) is 134 cm³/mol. The Kier molecular flexibility index (Phi) is 5.95. The minimum absolute atomic E-state index is 0.172. The fourth-order valence-corrected chi connectivity index (χ4v) is 5.99. The maximum Gasteiger partial charge on any atom is 0.153 e. The summed E-state index contributed by atoms with van der Waals surface area (Å²) in [5.74, 6) is 0.778. The average Bonchev–Trinajstić information content (AvgIpc) is 3.13. The van der Waals surface area contributed by atoms with E-state index in [1.807, 2.05) is 19.1 Å². The van der Waals surface area contributed by atoms with Gasteiger partial charge < -0.3 is 10.0 Å². The number of hydrogen-bond acceptors (Lipinski definition) is 4. The van der Waals surface area contributed by atoms with Crippen LogP contribution in [0.4, 0.5) is 5.82 Å². The molecule has 7 heteroatoms. The molecular weight excluding hydrogens is 509 g/mol. The molecule has 1 fully saturated rings. The number of aryl methyl sites for hydroxylation is 1. The minimum atomic E-state index is -0.172. The van der Waals surface area contributed by atoms with E-state index in [9.17, 15) is 5.11 Å². The lowest BCUT2D eigenvalue weighted by Gasteiger charge is -2.40. The minimum Gasteiger partial charge on any atom is -0.390 e. The highest BCUT2D eigenvalue weighted by atomic mass is 79.9. The van der Waals surface area contributed by atoms with Gasteiger partial charge >= 0.3 is 0 Å². The highest BCUT2D eigenvalue weighted by Crippen LogP contribution is 2.46. The molecule has 2 heterocycles. The third-order valence-corrected chi connectivity index (χ3v) is 8.21. The van der Waals surface area contributed by atoms with Crippen LogP contribution in [0.15, 0.2) is 40.9 Å². The van der Waals surface area contributed by atoms with Crippen LogP contribution in [0.25, 0.3) is 11.3 Å². The van der Waals surface area contributed by atoms with Crippen molar-refractivity contribution in [1.82, 2.24) is 9.97 Å². The molecule has 0 bridgehead atoms. The molecule has 0 saturated carbocycles. The van der Waals surface area contributed by atoms with Crippen LogP contribution in [-0.4, -0.2) is 28.2 Å². The van der Waals surface area contributed by atoms with Crippen molar-refractivity contribution in [2.24, 2.45) is 5.41 Å². The fourth-order valence-electron chi connectivity index (χ4n) is 5.19. The molecule has 2 aliphatic rings. The highest BCUT2D eigenvalue weighted by molar-refractivity contribution is 9.10. The molecule has 0 radical (unpaired) electrons. The summed E-state index contributed by atoms with van der Waals surface area (Å²) in [6.45, 7) is 3.58. The largest absolute Gasteiger partial charge is 0.390 e. The zero-order valence-electron chi connectivity index (χ0n) is 17.8. The van der Waals surface area contributed by atoms with Crippen molar-refractivity contribution in [3.63, 3.8) is 0 Å². The van der Waals surface area contributed by atoms with Crippen LogP contribution in [0, 0.1) is 12.3 Å². The van der Waals surface area contributed by atoms with Gasteiger partial charge in [0.25, 0.3) is 0 Å². The SMILES string of the molecule is Cc1nc(N2CCC3(CC2)Cc2ccc(Br)cc2C3)c(CO)nc1-c1cccc(Cl)c1Cl. The van der Waals surface area contributed by atoms with Crippen LogP contribution in [0.3, 0.4) is 0 Å². The van der Waals surface area contributed by atoms with Gasteiger partial charge in [-0.2, -0.15) is 0 Å². The van der Waals surface area contributed by atoms with Gasteiger partial charge in [0.1, 0.15) is 5.69 Å². The van der Waals surface area contributed by atoms with Gasteiger partial charge in [-0.05, 0) is 67.3 Å². The standard InChI is InChI=1S/C25H24BrCl2N3O/c1-15-23(19-3-2-4-20(27)22(19)28)30-21(14-32)24(29-15)31-9-7-25(8-10-31)12-16-5-6-18(26)11-17(16)13-25/h2-6,11,32H,7-10,12-14H2,1H3. The molecule has 0 unspecified atom stereocenters. The Hall–Kier alpha value is -1.66. The number of aliphatic hydroxyl groups is 1. The monoisotopic (exact) mass is 531 g/mol. The summed E-state index contributed by atoms with van der Waals surface area (Å²) >= 11 is 16.2. The molecule has 1 saturated heterocycles. The van der Waals surface area contributed by atoms with Crippen molar-refractivity contribution in [2.75, 3.05) is 18.0 Å². The summed E-state index contributed by atoms with van der Waals surface area (Å²) < 4.78 is 1.16. The number of nitrogens with zero attached hydrogens (tertiary/aromatic N) is 3. The Labute approximate surface area is 206 Å². The summed E-state index contributed by atoms with van der Waals surface area (Å²) in [5.41, 5.74) is 6.04. The predicted octanol–water partition coefficient (Wildman–Crippen LogP) is 6.40. The molecule has 1 spiro atoms. The van der Waals surface area contributed by atoms with Crippen LogP contribution in [0.5, 0.6) is 0 Å². The van der Waals surface area contributed by atoms with Gasteiger partial charge in [-0.25, -0.2) is 9.97 Å². The highest BCUT2D eigenvalue weighted by Gasteiger charge is 2.40. The first-order valence-corrected chi connectivity index (χ1v) is 12.4. The van der Waals surface area contributed by atoms with E-state index in [0.29, 0.717) is 26.8 Å². The zero-order chi connectivity index (χ0) is 22.5. The normalized spacial score (nSPS) is 17.1. The van der Waals surface area contributed by atoms with Gasteiger partial charge in [-0.3, -0.25) is 0 Å². The van der Waals surface area contributed by atoms with Gasteiger partial charge in [0.15, 0.2) is 5.82 Å². The van der Waals surface area contributed by atoms with Crippen LogP contribution in [0.2, 0.25) is 10.0 Å². The molecule has 1 N–H and O–H groups in total. The van der Waals surface area contributed by atoms with E-state index in [1.54, 1.807) is 6.07 Å². The van der Waals surface area contributed by atoms with Crippen molar-refractivity contribution in [3.05, 3.63) is 73.4 Å². The maximum atomic E-state index is 10.1. The summed E-state index contributed by atoms with van der Waals surface area (Å²) in [7, 11) is 0. The van der Waals surface area contributed by atoms with Crippen molar-refractivity contribution >= 4 is 44.9 Å². The molecule has 3 aromatic rings. The first-order valence-electron chi connectivity index (χ1n) is 10.8. The van der Waals surface area contributed by atoms with E-state index < -0.39 is 0 Å². The lowest BCUT2D eigenvalue weighted by atomic mass is 9.76. The lowest BCUT2D eigenvalue weighted by Crippen LogP contribution is -2.41. The van der Waals surface area contributed by atoms with Gasteiger partial charge in [0.2, 0.25) is 0 Å². The van der Waals surface area contributed by atoms with E-state index in [1.165, 1.54) is 11.1 Å². The summed E-state index contributed by atoms with van der Waals surface area (Å²) in [5, 5.41) is 11.0. The Morgan fingerprint density at radius 2 is 1.81 bits per heavy atom. The van der Waals surface area contributed by atoms with E-state index in [4.69, 9.17) is 33.2 Å². The molecule has 0 amide bonds. The second-order valence-corrected chi connectivity index (χ2v) is 10.6. The first-order chi connectivity index (χ1) is 15.4. The number of aliphatic hydroxyl groups excluding tert-OH is 1. The fraction of sp³-hybridized carbons (Fsp3) is 0.360. The van der Waals surface area contributed by atoms with Gasteiger partial charge in [0, 0.05) is 23.1 Å². The number of piperidine rings is 1. The smallest absolute Gasteiger partial charge is 0.153 e. The number of halogens is 3. The molecule has 32 heavy (non-hydrogen) atoms. The molecule has 2 aromatic carbocycles. The quantitative estimate of drug-likeness (QED) is 0.424. The van der Waals surface area contributed by atoms with E-state index in [2.05, 4.69) is 39.0 Å². The third-order valence-electron chi connectivity index (χ3n) is 6.90. The third kappa shape index (κ3) is 3.94. The first kappa shape index (κ1) is 22.1. The van der Waals surface area contributed by atoms with Crippen molar-refractivity contribution in [3.8, 4) is 11.3 Å². The number of fused-ring (bicyclic) bond motifs is 1. The number of benzene rings is 2. The molecular formula is C25H24BrCl2N3O. The molecule has 1 aliphatic heterocycles. The lowest BCUT2D eigenvalue weighted by molar-refractivity contribution is 0.231. The molecule has 5 rings (SSSR count). The second-order valence-electron chi connectivity index (χ2n) is 8.94. The topological polar surface area (TPSA) is 49.2 Å². The summed E-state index contributed by atoms with van der Waals surface area (Å²) in [4.78, 5) is 11.9. The average molecular weight is 533 g/mol. The summed E-state index contributed by atoms with van der Waals surface area (Å²) in [6.07, 6.45) is 4.49. The second kappa shape index (κ2) is 8.60. The number of aromatic nitrogens is 2. The molecule has 166 valence electrons. The molecule has 1 aromatic heterocycles. The Bertz CT molecular complexity index is 1190. The van der Waals surface area contributed by atoms with E-state index in [0.717, 1.165) is 60.3 Å².